The topological polar surface area (TPSA) is 524 Å². The number of aromatic nitrogens is 4. The van der Waals surface area contributed by atoms with E-state index < -0.39 is 87.0 Å². The van der Waals surface area contributed by atoms with E-state index in [4.69, 9.17) is 46.3 Å². The number of aliphatic hydroxyl groups is 2. The molecule has 0 saturated carbocycles. The van der Waals surface area contributed by atoms with E-state index >= 15 is 0 Å². The first-order valence-corrected chi connectivity index (χ1v) is 47.9. The quantitative estimate of drug-likeness (QED) is 0.0425. The summed E-state index contributed by atoms with van der Waals surface area (Å²) in [5.41, 5.74) is 3.25. The first-order valence-electron chi connectivity index (χ1n) is 47.9. The van der Waals surface area contributed by atoms with E-state index in [0.717, 1.165) is 67.2 Å². The lowest BCUT2D eigenvalue weighted by atomic mass is 9.82. The molecule has 8 aromatic heterocycles. The summed E-state index contributed by atoms with van der Waals surface area (Å²) in [7, 11) is 7.83. The average Bonchev–Trinajstić information content (AvgIpc) is 1.59. The maximum atomic E-state index is 13.3. The van der Waals surface area contributed by atoms with Crippen LogP contribution in [0.25, 0.3) is 44.4 Å². The molecule has 15 amide bonds. The van der Waals surface area contributed by atoms with Crippen LogP contribution in [0.3, 0.4) is 0 Å². The number of methoxy groups -OCH3 is 5. The fourth-order valence-electron chi connectivity index (χ4n) is 21.5. The molecule has 6 N–H and O–H groups in total. The molecular formula is C104H99N17O26. The van der Waals surface area contributed by atoms with E-state index in [1.54, 1.807) is 138 Å². The van der Waals surface area contributed by atoms with Crippen molar-refractivity contribution in [2.45, 2.75) is 124 Å². The van der Waals surface area contributed by atoms with Gasteiger partial charge in [-0.15, -0.1) is 0 Å². The molecule has 0 spiro atoms. The highest BCUT2D eigenvalue weighted by molar-refractivity contribution is 6.14. The van der Waals surface area contributed by atoms with Crippen LogP contribution in [0.2, 0.25) is 0 Å². The Morgan fingerprint density at radius 3 is 1.01 bits per heavy atom. The Hall–Kier alpha value is -16.7. The molecule has 7 atom stereocenters. The van der Waals surface area contributed by atoms with Crippen LogP contribution in [-0.4, -0.2) is 276 Å². The zero-order chi connectivity index (χ0) is 103. The molecule has 4 aromatic carbocycles. The van der Waals surface area contributed by atoms with Gasteiger partial charge < -0.3 is 76.1 Å². The van der Waals surface area contributed by atoms with Crippen molar-refractivity contribution in [1.82, 2.24) is 65.7 Å². The van der Waals surface area contributed by atoms with Gasteiger partial charge in [0.15, 0.2) is 22.3 Å². The van der Waals surface area contributed by atoms with Crippen molar-refractivity contribution in [2.24, 2.45) is 0 Å². The third kappa shape index (κ3) is 17.4. The molecule has 12 aliphatic rings. The van der Waals surface area contributed by atoms with Crippen molar-refractivity contribution in [3.8, 4) is 23.0 Å². The Kier molecular flexibility index (Phi) is 24.8. The second-order valence-electron chi connectivity index (χ2n) is 38.6. The molecule has 24 rings (SSSR count). The van der Waals surface area contributed by atoms with Crippen LogP contribution in [0.4, 0.5) is 23.3 Å². The molecule has 12 aliphatic heterocycles. The van der Waals surface area contributed by atoms with Crippen LogP contribution in [-0.2, 0) is 105 Å². The fraction of sp³-hybridized carbons (Fsp3) is 0.356. The number of aliphatic hydroxyl groups excluding tert-OH is 2. The SMILES string of the molecule is COCCN1CCN(c2ccc3oc([C@]4(CN5Cc6ccc(OC)cc6C5=O)CC(=O)NC4=O)cc3n2)CC1.COc1ccc2c(c1)C(=O)N(C[C@@]1(c3cc4nc(N5C(=O)CCC5C)ccc4o3)CC(=O)NC1=O)C2.COc1ccc2c(c1)C(=O)N(C[C@@]1(c3cc4nc(N5CC[C@H](O)C5=O)ccc4o3)CC(=O)NC1=O)C2.COc1ccc2c(c1)C(=O)N(C[C@@]1(c3cc4nc(N5C[C@H](O)CC5=O)ccc4o3)CC(=O)NC1=O)C2. The molecule has 147 heavy (non-hydrogen) atoms. The number of piperazine rings is 1. The van der Waals surface area contributed by atoms with Gasteiger partial charge >= 0.3 is 0 Å². The highest BCUT2D eigenvalue weighted by Gasteiger charge is 2.58. The maximum absolute atomic E-state index is 13.3. The number of hydrogen-bond acceptors (Lipinski definition) is 32. The summed E-state index contributed by atoms with van der Waals surface area (Å²) in [5, 5.41) is 29.1. The lowest BCUT2D eigenvalue weighted by Crippen LogP contribution is -2.47. The first kappa shape index (κ1) is 96.5. The number of benzene rings is 4. The lowest BCUT2D eigenvalue weighted by Gasteiger charge is -2.35. The van der Waals surface area contributed by atoms with Crippen LogP contribution < -0.4 is 59.8 Å². The molecule has 20 heterocycles. The number of amides is 15. The van der Waals surface area contributed by atoms with Gasteiger partial charge in [0.05, 0.1) is 79.8 Å². The normalized spacial score (nSPS) is 23.1. The number of fused-ring (bicyclic) bond motifs is 8. The minimum absolute atomic E-state index is 0.0104. The number of carbonyl (C=O) groups excluding carboxylic acids is 15. The minimum atomic E-state index is -1.43. The molecule has 8 saturated heterocycles. The standard InChI is InChI=1S/C28H31N5O6.C26H24N4O6.2C25H22N4O7/c1-37-12-11-31-7-9-32(10-8-31)24-6-5-22-21(29-24)14-23(39-22)28(15-25(34)30-27(28)36)17-33-16-18-3-4-19(38-2)13-20(18)26(33)35;1-14-3-8-23(32)30(14)21-7-6-19-18(27-21)10-20(36-19)26(11-22(31)28-25(26)34)13-29-12-15-4-5-16(35-2)9-17(15)24(29)33;1-35-15-3-2-13-10-28(23(33)16(13)7-15)12-25(9-21(31)27-24(25)34)19-8-17-18(36-19)4-5-20(26-17)29-11-14(30)6-22(29)32;1-35-14-3-2-13-11-28(22(32)15(13)8-14)12-25(10-21(31)27-24(25)34)19-9-16-18(36-19)4-5-20(26-16)29-7-6-17(30)23(29)33/h3-6,13-14H,7-12,15-17H2,1-2H3,(H,30,34,36);4-7,9-10,14H,3,8,11-13H2,1-2H3,(H,28,31,34);2-5,7-8,14,30H,6,9-12H2,1H3,(H,27,31,34);2-5,8-9,17,30H,6-7,10-12H2,1H3,(H,27,31,34)/t28-;14?,26-;14-,25-;17-,25+/m1110/s1. The van der Waals surface area contributed by atoms with Gasteiger partial charge in [-0.25, -0.2) is 19.9 Å². The van der Waals surface area contributed by atoms with Crippen molar-refractivity contribution in [2.75, 3.05) is 134 Å². The third-order valence-electron chi connectivity index (χ3n) is 29.4. The maximum Gasteiger partial charge on any atom is 0.257 e. The number of furan rings is 4. The van der Waals surface area contributed by atoms with Gasteiger partial charge in [0, 0.05) is 164 Å². The second kappa shape index (κ2) is 37.8. The number of anilines is 4. The Balaban J connectivity index is 0.000000115. The van der Waals surface area contributed by atoms with Crippen molar-refractivity contribution >= 4 is 156 Å². The van der Waals surface area contributed by atoms with E-state index in [2.05, 4.69) is 46.0 Å². The van der Waals surface area contributed by atoms with E-state index in [9.17, 15) is 82.1 Å². The van der Waals surface area contributed by atoms with Gasteiger partial charge in [-0.3, -0.25) is 113 Å². The van der Waals surface area contributed by atoms with Gasteiger partial charge in [0.25, 0.3) is 29.5 Å². The first-order chi connectivity index (χ1) is 70.7. The fourth-order valence-corrected chi connectivity index (χ4v) is 21.5. The van der Waals surface area contributed by atoms with Gasteiger partial charge in [-0.1, -0.05) is 24.3 Å². The molecule has 43 nitrogen and oxygen atoms in total. The van der Waals surface area contributed by atoms with E-state index in [1.807, 2.05) is 43.3 Å². The minimum Gasteiger partial charge on any atom is -0.497 e. The van der Waals surface area contributed by atoms with Crippen LogP contribution in [0.15, 0.2) is 163 Å². The number of pyridine rings is 4. The summed E-state index contributed by atoms with van der Waals surface area (Å²) in [6.45, 7) is 8.65. The van der Waals surface area contributed by atoms with Crippen LogP contribution in [0.5, 0.6) is 23.0 Å². The van der Waals surface area contributed by atoms with Crippen LogP contribution >= 0.6 is 0 Å². The van der Waals surface area contributed by atoms with Gasteiger partial charge in [-0.05, 0) is 133 Å². The summed E-state index contributed by atoms with van der Waals surface area (Å²) >= 11 is 0. The predicted molar refractivity (Wildman–Crippen MR) is 517 cm³/mol. The summed E-state index contributed by atoms with van der Waals surface area (Å²) in [4.78, 5) is 226. The van der Waals surface area contributed by atoms with Crippen molar-refractivity contribution < 1.29 is 123 Å². The number of nitrogens with zero attached hydrogens (tertiary/aromatic N) is 13. The number of rotatable bonds is 23. The Bertz CT molecular complexity index is 7390. The van der Waals surface area contributed by atoms with Gasteiger partial charge in [-0.2, -0.15) is 0 Å². The predicted octanol–water partition coefficient (Wildman–Crippen LogP) is 5.59. The molecule has 0 radical (unpaired) electrons. The summed E-state index contributed by atoms with van der Waals surface area (Å²) in [6, 6.07) is 41.3. The van der Waals surface area contributed by atoms with Crippen molar-refractivity contribution in [3.63, 3.8) is 0 Å². The number of ether oxygens (including phenoxy) is 5. The van der Waals surface area contributed by atoms with Gasteiger partial charge in [0.2, 0.25) is 59.1 Å². The number of imide groups is 4. The Morgan fingerprint density at radius 1 is 0.381 bits per heavy atom. The zero-order valence-corrected chi connectivity index (χ0v) is 80.6. The molecule has 12 aromatic rings. The number of carbonyl (C=O) groups is 15. The molecule has 43 heteroatoms. The highest BCUT2D eigenvalue weighted by atomic mass is 16.5. The average molecular weight is 2000 g/mol. The number of nitrogens with one attached hydrogen (secondary N) is 4. The third-order valence-corrected chi connectivity index (χ3v) is 29.4. The highest BCUT2D eigenvalue weighted by Crippen LogP contribution is 2.47. The van der Waals surface area contributed by atoms with E-state index in [-0.39, 0.29) is 137 Å². The lowest BCUT2D eigenvalue weighted by molar-refractivity contribution is -0.128. The molecule has 756 valence electrons. The summed E-state index contributed by atoms with van der Waals surface area (Å²) in [5.74, 6) is -0.149. The van der Waals surface area contributed by atoms with Gasteiger partial charge in [0.1, 0.15) is 119 Å². The zero-order valence-electron chi connectivity index (χ0n) is 80.6. The number of β-amino-alcohol motifs (C(OH)–C–C–N with tert-alkyl or cyclic N) is 1. The van der Waals surface area contributed by atoms with E-state index in [1.165, 1.54) is 40.9 Å². The van der Waals surface area contributed by atoms with Crippen LogP contribution in [0.1, 0.15) is 145 Å². The Morgan fingerprint density at radius 2 is 0.714 bits per heavy atom. The largest absolute Gasteiger partial charge is 0.497 e. The van der Waals surface area contributed by atoms with E-state index in [0.29, 0.717) is 152 Å². The van der Waals surface area contributed by atoms with Crippen LogP contribution in [0, 0.1) is 0 Å². The number of hydrogen-bond donors (Lipinski definition) is 6. The Labute approximate surface area is 835 Å². The van der Waals surface area contributed by atoms with Crippen molar-refractivity contribution in [3.05, 3.63) is 213 Å². The molecular weight excluding hydrogens is 1900 g/mol. The molecule has 0 bridgehead atoms. The second-order valence-corrected chi connectivity index (χ2v) is 38.6. The molecule has 0 aliphatic carbocycles. The monoisotopic (exact) mass is 2000 g/mol. The molecule has 8 fully saturated rings. The van der Waals surface area contributed by atoms with Crippen molar-refractivity contribution in [1.29, 1.82) is 0 Å². The summed E-state index contributed by atoms with van der Waals surface area (Å²) < 4.78 is 50.4. The summed E-state index contributed by atoms with van der Waals surface area (Å²) in [6.07, 6.45) is -0.848. The smallest absolute Gasteiger partial charge is 0.257 e. The molecule has 1 unspecified atom stereocenters.